The Balaban J connectivity index is 2.50. The zero-order valence-electron chi connectivity index (χ0n) is 7.09. The standard InChI is InChI=1S/C9H16N2/c1-2-7-4-3-5-8(7)9(11)6-10/h7-9H,2-5,11H2,1H3. The van der Waals surface area contributed by atoms with Crippen LogP contribution in [0.1, 0.15) is 32.6 Å². The third kappa shape index (κ3) is 1.72. The van der Waals surface area contributed by atoms with Crippen molar-refractivity contribution in [2.75, 3.05) is 0 Å². The number of nitriles is 1. The van der Waals surface area contributed by atoms with E-state index in [1.165, 1.54) is 19.3 Å². The maximum Gasteiger partial charge on any atom is 0.0959 e. The van der Waals surface area contributed by atoms with Crippen molar-refractivity contribution in [2.45, 2.75) is 38.6 Å². The number of nitrogens with two attached hydrogens (primary N) is 1. The van der Waals surface area contributed by atoms with Gasteiger partial charge in [-0.2, -0.15) is 5.26 Å². The Morgan fingerprint density at radius 1 is 1.64 bits per heavy atom. The van der Waals surface area contributed by atoms with Crippen molar-refractivity contribution in [1.29, 1.82) is 5.26 Å². The minimum Gasteiger partial charge on any atom is -0.316 e. The summed E-state index contributed by atoms with van der Waals surface area (Å²) in [6.07, 6.45) is 4.88. The van der Waals surface area contributed by atoms with Crippen LogP contribution >= 0.6 is 0 Å². The van der Waals surface area contributed by atoms with Gasteiger partial charge in [0.1, 0.15) is 0 Å². The van der Waals surface area contributed by atoms with Crippen molar-refractivity contribution < 1.29 is 0 Å². The second kappa shape index (κ2) is 3.73. The van der Waals surface area contributed by atoms with Crippen molar-refractivity contribution in [3.05, 3.63) is 0 Å². The fourth-order valence-electron chi connectivity index (χ4n) is 2.14. The van der Waals surface area contributed by atoms with Crippen LogP contribution in [-0.4, -0.2) is 6.04 Å². The third-order valence-electron chi connectivity index (χ3n) is 2.85. The van der Waals surface area contributed by atoms with Crippen LogP contribution in [0, 0.1) is 23.2 Å². The van der Waals surface area contributed by atoms with Gasteiger partial charge >= 0.3 is 0 Å². The summed E-state index contributed by atoms with van der Waals surface area (Å²) in [7, 11) is 0. The van der Waals surface area contributed by atoms with Gasteiger partial charge in [-0.3, -0.25) is 0 Å². The molecule has 0 aliphatic heterocycles. The van der Waals surface area contributed by atoms with Gasteiger partial charge in [0.2, 0.25) is 0 Å². The molecule has 0 bridgehead atoms. The molecule has 2 nitrogen and oxygen atoms in total. The van der Waals surface area contributed by atoms with E-state index in [4.69, 9.17) is 11.0 Å². The van der Waals surface area contributed by atoms with Crippen molar-refractivity contribution in [3.8, 4) is 6.07 Å². The van der Waals surface area contributed by atoms with Gasteiger partial charge in [-0.25, -0.2) is 0 Å². The Bertz CT molecular complexity index is 159. The van der Waals surface area contributed by atoms with Crippen molar-refractivity contribution in [2.24, 2.45) is 17.6 Å². The average Bonchev–Trinajstić information content (AvgIpc) is 2.50. The molecular formula is C9H16N2. The molecule has 1 aliphatic rings. The molecular weight excluding hydrogens is 136 g/mol. The smallest absolute Gasteiger partial charge is 0.0959 e. The zero-order valence-corrected chi connectivity index (χ0v) is 7.09. The van der Waals surface area contributed by atoms with E-state index < -0.39 is 0 Å². The molecule has 1 saturated carbocycles. The van der Waals surface area contributed by atoms with E-state index in [1.807, 2.05) is 0 Å². The summed E-state index contributed by atoms with van der Waals surface area (Å²) in [4.78, 5) is 0. The SMILES string of the molecule is CCC1CCCC1C(N)C#N. The first kappa shape index (κ1) is 8.55. The van der Waals surface area contributed by atoms with E-state index >= 15 is 0 Å². The Morgan fingerprint density at radius 2 is 2.36 bits per heavy atom. The number of hydrogen-bond donors (Lipinski definition) is 1. The summed E-state index contributed by atoms with van der Waals surface area (Å²) in [5.74, 6) is 1.19. The van der Waals surface area contributed by atoms with E-state index in [1.54, 1.807) is 0 Å². The Labute approximate surface area is 68.4 Å². The fourth-order valence-corrected chi connectivity index (χ4v) is 2.14. The minimum atomic E-state index is -0.220. The molecule has 1 aliphatic carbocycles. The van der Waals surface area contributed by atoms with Gasteiger partial charge < -0.3 is 5.73 Å². The van der Waals surface area contributed by atoms with E-state index in [2.05, 4.69) is 13.0 Å². The van der Waals surface area contributed by atoms with E-state index in [9.17, 15) is 0 Å². The highest BCUT2D eigenvalue weighted by Gasteiger charge is 2.30. The molecule has 3 atom stereocenters. The quantitative estimate of drug-likeness (QED) is 0.654. The van der Waals surface area contributed by atoms with Crippen LogP contribution in [0.5, 0.6) is 0 Å². The lowest BCUT2D eigenvalue weighted by atomic mass is 9.88. The highest BCUT2D eigenvalue weighted by atomic mass is 14.7. The van der Waals surface area contributed by atoms with E-state index in [-0.39, 0.29) is 6.04 Å². The molecule has 3 unspecified atom stereocenters. The fraction of sp³-hybridized carbons (Fsp3) is 0.889. The lowest BCUT2D eigenvalue weighted by Crippen LogP contribution is -2.30. The molecule has 0 heterocycles. The van der Waals surface area contributed by atoms with Gasteiger partial charge in [-0.15, -0.1) is 0 Å². The van der Waals surface area contributed by atoms with E-state index in [0.717, 1.165) is 6.42 Å². The molecule has 2 heteroatoms. The van der Waals surface area contributed by atoms with Crippen LogP contribution in [0.15, 0.2) is 0 Å². The summed E-state index contributed by atoms with van der Waals surface area (Å²) >= 11 is 0. The van der Waals surface area contributed by atoms with E-state index in [0.29, 0.717) is 11.8 Å². The highest BCUT2D eigenvalue weighted by Crippen LogP contribution is 2.35. The zero-order chi connectivity index (χ0) is 8.27. The van der Waals surface area contributed by atoms with Gasteiger partial charge in [0, 0.05) is 0 Å². The molecule has 1 rings (SSSR count). The van der Waals surface area contributed by atoms with Crippen LogP contribution in [0.2, 0.25) is 0 Å². The lowest BCUT2D eigenvalue weighted by Gasteiger charge is -2.19. The first-order valence-electron chi connectivity index (χ1n) is 4.44. The molecule has 0 spiro atoms. The monoisotopic (exact) mass is 152 g/mol. The molecule has 0 aromatic heterocycles. The van der Waals surface area contributed by atoms with Gasteiger partial charge in [-0.1, -0.05) is 26.2 Å². The second-order valence-electron chi connectivity index (χ2n) is 3.42. The minimum absolute atomic E-state index is 0.220. The van der Waals surface area contributed by atoms with Crippen molar-refractivity contribution in [3.63, 3.8) is 0 Å². The molecule has 0 saturated heterocycles. The van der Waals surface area contributed by atoms with Crippen LogP contribution in [0.4, 0.5) is 0 Å². The van der Waals surface area contributed by atoms with Crippen molar-refractivity contribution >= 4 is 0 Å². The average molecular weight is 152 g/mol. The number of hydrogen-bond acceptors (Lipinski definition) is 2. The van der Waals surface area contributed by atoms with Crippen LogP contribution in [-0.2, 0) is 0 Å². The third-order valence-corrected chi connectivity index (χ3v) is 2.85. The largest absolute Gasteiger partial charge is 0.316 e. The van der Waals surface area contributed by atoms with Gasteiger partial charge in [0.25, 0.3) is 0 Å². The maximum atomic E-state index is 8.63. The molecule has 2 N–H and O–H groups in total. The number of rotatable bonds is 2. The summed E-state index contributed by atoms with van der Waals surface area (Å²) in [6.45, 7) is 2.19. The molecule has 0 aromatic carbocycles. The highest BCUT2D eigenvalue weighted by molar-refractivity contribution is 4.96. The molecule has 62 valence electrons. The molecule has 11 heavy (non-hydrogen) atoms. The molecule has 1 fully saturated rings. The molecule has 0 amide bonds. The summed E-state index contributed by atoms with van der Waals surface area (Å²) in [5, 5.41) is 8.63. The molecule has 0 aromatic rings. The first-order chi connectivity index (χ1) is 5.29. The normalized spacial score (nSPS) is 33.2. The summed E-state index contributed by atoms with van der Waals surface area (Å²) < 4.78 is 0. The number of nitrogens with zero attached hydrogens (tertiary/aromatic N) is 1. The predicted molar refractivity (Wildman–Crippen MR) is 44.7 cm³/mol. The van der Waals surface area contributed by atoms with Gasteiger partial charge in [-0.05, 0) is 18.3 Å². The predicted octanol–water partition coefficient (Wildman–Crippen LogP) is 1.66. The lowest BCUT2D eigenvalue weighted by molar-refractivity contribution is 0.351. The first-order valence-corrected chi connectivity index (χ1v) is 4.44. The van der Waals surface area contributed by atoms with Gasteiger partial charge in [0.05, 0.1) is 12.1 Å². The van der Waals surface area contributed by atoms with Crippen LogP contribution in [0.25, 0.3) is 0 Å². The Morgan fingerprint density at radius 3 is 2.91 bits per heavy atom. The summed E-state index contributed by atoms with van der Waals surface area (Å²) in [6, 6.07) is 1.93. The van der Waals surface area contributed by atoms with Crippen LogP contribution in [0.3, 0.4) is 0 Å². The van der Waals surface area contributed by atoms with Gasteiger partial charge in [0.15, 0.2) is 0 Å². The van der Waals surface area contributed by atoms with Crippen molar-refractivity contribution in [1.82, 2.24) is 0 Å². The Hall–Kier alpha value is -0.550. The topological polar surface area (TPSA) is 49.8 Å². The molecule has 0 radical (unpaired) electrons. The Kier molecular flexibility index (Phi) is 2.90. The summed E-state index contributed by atoms with van der Waals surface area (Å²) in [5.41, 5.74) is 5.68. The second-order valence-corrected chi connectivity index (χ2v) is 3.42. The maximum absolute atomic E-state index is 8.63. The van der Waals surface area contributed by atoms with Crippen LogP contribution < -0.4 is 5.73 Å².